The minimum Gasteiger partial charge on any atom is -0.364 e. The minimum atomic E-state index is -1.45. The number of aliphatic hydroxyl groups is 2. The smallest absolute Gasteiger partial charge is 0.220 e. The lowest BCUT2D eigenvalue weighted by molar-refractivity contribution is -0.119. The van der Waals surface area contributed by atoms with Gasteiger partial charge in [0.1, 0.15) is 0 Å². The van der Waals surface area contributed by atoms with E-state index in [9.17, 15) is 4.79 Å². The van der Waals surface area contributed by atoms with Gasteiger partial charge in [0.25, 0.3) is 0 Å². The highest BCUT2D eigenvalue weighted by molar-refractivity contribution is 5.79. The summed E-state index contributed by atoms with van der Waals surface area (Å²) in [5, 5.41) is 20.8. The molecule has 0 aromatic heterocycles. The van der Waals surface area contributed by atoms with Crippen LogP contribution in [-0.4, -0.2) is 22.7 Å². The lowest BCUT2D eigenvalue weighted by Gasteiger charge is -2.10. The second kappa shape index (κ2) is 4.00. The first kappa shape index (κ1) is 10.1. The van der Waals surface area contributed by atoms with Crippen LogP contribution in [0.15, 0.2) is 24.3 Å². The van der Waals surface area contributed by atoms with Crippen molar-refractivity contribution in [2.45, 2.75) is 18.6 Å². The zero-order valence-corrected chi connectivity index (χ0v) is 8.18. The van der Waals surface area contributed by atoms with Gasteiger partial charge in [-0.15, -0.1) is 0 Å². The summed E-state index contributed by atoms with van der Waals surface area (Å²) in [5.74, 6) is 0.200. The van der Waals surface area contributed by atoms with Crippen molar-refractivity contribution >= 4 is 5.91 Å². The molecule has 1 amide bonds. The van der Waals surface area contributed by atoms with Gasteiger partial charge >= 0.3 is 0 Å². The number of hydrogen-bond donors (Lipinski definition) is 3. The highest BCUT2D eigenvalue weighted by atomic mass is 16.5. The fourth-order valence-electron chi connectivity index (χ4n) is 1.81. The lowest BCUT2D eigenvalue weighted by Crippen LogP contribution is -2.13. The second-order valence-electron chi connectivity index (χ2n) is 3.75. The van der Waals surface area contributed by atoms with Gasteiger partial charge in [0, 0.05) is 24.4 Å². The van der Waals surface area contributed by atoms with Crippen molar-refractivity contribution in [1.29, 1.82) is 0 Å². The molecule has 80 valence electrons. The third-order valence-electron chi connectivity index (χ3n) is 2.66. The van der Waals surface area contributed by atoms with Crippen molar-refractivity contribution in [1.82, 2.24) is 5.32 Å². The molecule has 0 aliphatic carbocycles. The SMILES string of the molecule is O=C1CC(c2cccc(C(O)O)c2)CN1. The van der Waals surface area contributed by atoms with E-state index in [0.29, 0.717) is 18.5 Å². The Morgan fingerprint density at radius 3 is 2.80 bits per heavy atom. The first-order valence-corrected chi connectivity index (χ1v) is 4.89. The molecule has 1 heterocycles. The Hall–Kier alpha value is -1.39. The predicted molar refractivity (Wildman–Crippen MR) is 54.0 cm³/mol. The molecule has 2 rings (SSSR count). The van der Waals surface area contributed by atoms with Crippen molar-refractivity contribution in [3.63, 3.8) is 0 Å². The number of hydrogen-bond acceptors (Lipinski definition) is 3. The highest BCUT2D eigenvalue weighted by Gasteiger charge is 2.23. The summed E-state index contributed by atoms with van der Waals surface area (Å²) in [6, 6.07) is 7.05. The Kier molecular flexibility index (Phi) is 2.70. The number of carbonyl (C=O) groups is 1. The van der Waals surface area contributed by atoms with E-state index < -0.39 is 6.29 Å². The molecule has 4 heteroatoms. The van der Waals surface area contributed by atoms with Crippen LogP contribution in [0.25, 0.3) is 0 Å². The summed E-state index contributed by atoms with van der Waals surface area (Å²) in [6.45, 7) is 0.629. The van der Waals surface area contributed by atoms with Crippen LogP contribution >= 0.6 is 0 Å². The Morgan fingerprint density at radius 1 is 1.40 bits per heavy atom. The van der Waals surface area contributed by atoms with E-state index in [1.165, 1.54) is 0 Å². The lowest BCUT2D eigenvalue weighted by atomic mass is 9.96. The molecule has 1 unspecified atom stereocenters. The summed E-state index contributed by atoms with van der Waals surface area (Å²) in [6.07, 6.45) is -0.972. The van der Waals surface area contributed by atoms with E-state index >= 15 is 0 Å². The average Bonchev–Trinajstić information content (AvgIpc) is 2.65. The van der Waals surface area contributed by atoms with Crippen LogP contribution in [0.5, 0.6) is 0 Å². The molecule has 1 saturated heterocycles. The number of carbonyl (C=O) groups excluding carboxylic acids is 1. The standard InChI is InChI=1S/C11H13NO3/c13-10-5-9(6-12-10)7-2-1-3-8(4-7)11(14)15/h1-4,9,11,14-15H,5-6H2,(H,12,13). The van der Waals surface area contributed by atoms with Gasteiger partial charge in [-0.1, -0.05) is 24.3 Å². The molecule has 0 radical (unpaired) electrons. The quantitative estimate of drug-likeness (QED) is 0.610. The fourth-order valence-corrected chi connectivity index (χ4v) is 1.81. The average molecular weight is 207 g/mol. The van der Waals surface area contributed by atoms with Gasteiger partial charge in [0.15, 0.2) is 6.29 Å². The van der Waals surface area contributed by atoms with Crippen molar-refractivity contribution in [3.05, 3.63) is 35.4 Å². The maximum atomic E-state index is 11.0. The molecule has 1 fully saturated rings. The van der Waals surface area contributed by atoms with Gasteiger partial charge < -0.3 is 15.5 Å². The van der Waals surface area contributed by atoms with E-state index in [-0.39, 0.29) is 11.8 Å². The predicted octanol–water partition coefficient (Wildman–Crippen LogP) is 0.273. The molecule has 1 aromatic rings. The van der Waals surface area contributed by atoms with Gasteiger partial charge in [-0.2, -0.15) is 0 Å². The maximum absolute atomic E-state index is 11.0. The van der Waals surface area contributed by atoms with Crippen molar-refractivity contribution in [2.75, 3.05) is 6.54 Å². The van der Waals surface area contributed by atoms with Gasteiger partial charge in [-0.3, -0.25) is 4.79 Å². The number of amides is 1. The third-order valence-corrected chi connectivity index (χ3v) is 2.66. The third kappa shape index (κ3) is 2.16. The summed E-state index contributed by atoms with van der Waals surface area (Å²) in [7, 11) is 0. The van der Waals surface area contributed by atoms with Crippen molar-refractivity contribution in [3.8, 4) is 0 Å². The zero-order valence-electron chi connectivity index (χ0n) is 8.18. The molecule has 4 nitrogen and oxygen atoms in total. The monoisotopic (exact) mass is 207 g/mol. The first-order valence-electron chi connectivity index (χ1n) is 4.89. The molecule has 1 aliphatic heterocycles. The molecule has 1 aliphatic rings. The van der Waals surface area contributed by atoms with Gasteiger partial charge in [-0.05, 0) is 5.56 Å². The Morgan fingerprint density at radius 2 is 2.20 bits per heavy atom. The number of nitrogens with one attached hydrogen (secondary N) is 1. The normalized spacial score (nSPS) is 20.7. The molecular formula is C11H13NO3. The van der Waals surface area contributed by atoms with E-state index in [1.807, 2.05) is 6.07 Å². The summed E-state index contributed by atoms with van der Waals surface area (Å²) in [5.41, 5.74) is 1.44. The van der Waals surface area contributed by atoms with Crippen LogP contribution < -0.4 is 5.32 Å². The topological polar surface area (TPSA) is 69.6 Å². The number of aliphatic hydroxyl groups excluding tert-OH is 1. The first-order chi connectivity index (χ1) is 7.16. The summed E-state index contributed by atoms with van der Waals surface area (Å²) < 4.78 is 0. The Bertz CT molecular complexity index is 376. The molecule has 15 heavy (non-hydrogen) atoms. The molecule has 3 N–H and O–H groups in total. The molecule has 0 saturated carbocycles. The van der Waals surface area contributed by atoms with Crippen LogP contribution in [0.3, 0.4) is 0 Å². The van der Waals surface area contributed by atoms with E-state index in [0.717, 1.165) is 5.56 Å². The largest absolute Gasteiger partial charge is 0.364 e. The minimum absolute atomic E-state index is 0.0509. The molecule has 1 atom stereocenters. The van der Waals surface area contributed by atoms with Crippen LogP contribution in [0.2, 0.25) is 0 Å². The Labute approximate surface area is 87.6 Å². The van der Waals surface area contributed by atoms with E-state index in [4.69, 9.17) is 10.2 Å². The number of rotatable bonds is 2. The Balaban J connectivity index is 2.21. The molecule has 1 aromatic carbocycles. The molecular weight excluding hydrogens is 194 g/mol. The summed E-state index contributed by atoms with van der Waals surface area (Å²) >= 11 is 0. The summed E-state index contributed by atoms with van der Waals surface area (Å²) in [4.78, 5) is 11.0. The molecule has 0 bridgehead atoms. The van der Waals surface area contributed by atoms with Crippen LogP contribution in [0.1, 0.15) is 29.8 Å². The van der Waals surface area contributed by atoms with Crippen LogP contribution in [0, 0.1) is 0 Å². The van der Waals surface area contributed by atoms with E-state index in [1.54, 1.807) is 18.2 Å². The molecule has 0 spiro atoms. The van der Waals surface area contributed by atoms with Crippen molar-refractivity contribution < 1.29 is 15.0 Å². The van der Waals surface area contributed by atoms with Gasteiger partial charge in [-0.25, -0.2) is 0 Å². The van der Waals surface area contributed by atoms with Crippen LogP contribution in [-0.2, 0) is 4.79 Å². The zero-order chi connectivity index (χ0) is 10.8. The van der Waals surface area contributed by atoms with Gasteiger partial charge in [0.2, 0.25) is 5.91 Å². The van der Waals surface area contributed by atoms with Crippen molar-refractivity contribution in [2.24, 2.45) is 0 Å². The van der Waals surface area contributed by atoms with E-state index in [2.05, 4.69) is 5.32 Å². The van der Waals surface area contributed by atoms with Gasteiger partial charge in [0.05, 0.1) is 0 Å². The fraction of sp³-hybridized carbons (Fsp3) is 0.364. The second-order valence-corrected chi connectivity index (χ2v) is 3.75. The maximum Gasteiger partial charge on any atom is 0.220 e. The van der Waals surface area contributed by atoms with Crippen LogP contribution in [0.4, 0.5) is 0 Å². The number of benzene rings is 1. The highest BCUT2D eigenvalue weighted by Crippen LogP contribution is 2.24.